The van der Waals surface area contributed by atoms with E-state index in [0.29, 0.717) is 0 Å². The van der Waals surface area contributed by atoms with Gasteiger partial charge in [-0.2, -0.15) is 0 Å². The zero-order valence-corrected chi connectivity index (χ0v) is 10.1. The first-order valence-corrected chi connectivity index (χ1v) is 5.17. The number of hydrogen-bond donors (Lipinski definition) is 1. The van der Waals surface area contributed by atoms with Crippen LogP contribution in [0.2, 0.25) is 0 Å². The van der Waals surface area contributed by atoms with Gasteiger partial charge in [-0.3, -0.25) is 0 Å². The van der Waals surface area contributed by atoms with E-state index in [1.54, 1.807) is 0 Å². The van der Waals surface area contributed by atoms with Crippen LogP contribution >= 0.6 is 12.4 Å². The topological polar surface area (TPSA) is 28.2 Å². The number of pyridine rings is 1. The van der Waals surface area contributed by atoms with Crippen LogP contribution in [-0.2, 0) is 0 Å². The van der Waals surface area contributed by atoms with Crippen LogP contribution in [0, 0.1) is 13.8 Å². The molecule has 0 spiro atoms. The van der Waals surface area contributed by atoms with E-state index in [-0.39, 0.29) is 12.4 Å². The number of nitrogens with zero attached hydrogens (tertiary/aromatic N) is 2. The highest BCUT2D eigenvalue weighted by Gasteiger charge is 2.11. The molecule has 0 aliphatic carbocycles. The molecule has 2 heterocycles. The third-order valence-electron chi connectivity index (χ3n) is 2.53. The largest absolute Gasteiger partial charge is 0.354 e. The first kappa shape index (κ1) is 12.3. The fraction of sp³-hybridized carbons (Fsp3) is 0.545. The van der Waals surface area contributed by atoms with Crippen molar-refractivity contribution in [1.29, 1.82) is 0 Å². The van der Waals surface area contributed by atoms with Gasteiger partial charge in [-0.25, -0.2) is 4.98 Å². The Morgan fingerprint density at radius 1 is 1.20 bits per heavy atom. The van der Waals surface area contributed by atoms with E-state index in [1.165, 1.54) is 5.56 Å². The van der Waals surface area contributed by atoms with Gasteiger partial charge < -0.3 is 10.2 Å². The maximum atomic E-state index is 4.56. The number of aryl methyl sites for hydroxylation is 2. The maximum absolute atomic E-state index is 4.56. The van der Waals surface area contributed by atoms with Crippen molar-refractivity contribution in [2.24, 2.45) is 0 Å². The van der Waals surface area contributed by atoms with Crippen LogP contribution in [0.15, 0.2) is 12.1 Å². The Morgan fingerprint density at radius 2 is 1.87 bits per heavy atom. The minimum absolute atomic E-state index is 0. The standard InChI is InChI=1S/C11H17N3.ClH/c1-9-7-10(2)13-11(8-9)14-5-3-12-4-6-14;/h7-8,12H,3-6H2,1-2H3;1H. The minimum atomic E-state index is 0. The Hall–Kier alpha value is -0.800. The molecule has 0 radical (unpaired) electrons. The van der Waals surface area contributed by atoms with Gasteiger partial charge in [0.1, 0.15) is 5.82 Å². The van der Waals surface area contributed by atoms with Gasteiger partial charge in [0.2, 0.25) is 0 Å². The highest BCUT2D eigenvalue weighted by atomic mass is 35.5. The highest BCUT2D eigenvalue weighted by molar-refractivity contribution is 5.85. The van der Waals surface area contributed by atoms with E-state index in [4.69, 9.17) is 0 Å². The number of halogens is 1. The second kappa shape index (κ2) is 5.33. The van der Waals surface area contributed by atoms with E-state index in [0.717, 1.165) is 37.7 Å². The van der Waals surface area contributed by atoms with E-state index in [1.807, 2.05) is 0 Å². The molecule has 1 N–H and O–H groups in total. The quantitative estimate of drug-likeness (QED) is 0.789. The van der Waals surface area contributed by atoms with Gasteiger partial charge in [0, 0.05) is 31.9 Å². The summed E-state index contributed by atoms with van der Waals surface area (Å²) in [6.07, 6.45) is 0. The predicted molar refractivity (Wildman–Crippen MR) is 66.0 cm³/mol. The Morgan fingerprint density at radius 3 is 2.47 bits per heavy atom. The number of piperazine rings is 1. The van der Waals surface area contributed by atoms with Gasteiger partial charge in [0.15, 0.2) is 0 Å². The van der Waals surface area contributed by atoms with E-state index in [9.17, 15) is 0 Å². The maximum Gasteiger partial charge on any atom is 0.129 e. The number of nitrogens with one attached hydrogen (secondary N) is 1. The molecular weight excluding hydrogens is 210 g/mol. The molecule has 3 nitrogen and oxygen atoms in total. The van der Waals surface area contributed by atoms with Crippen molar-refractivity contribution >= 4 is 18.2 Å². The lowest BCUT2D eigenvalue weighted by Crippen LogP contribution is -2.43. The molecule has 0 aromatic carbocycles. The zero-order chi connectivity index (χ0) is 9.97. The molecule has 1 fully saturated rings. The van der Waals surface area contributed by atoms with Crippen molar-refractivity contribution < 1.29 is 0 Å². The molecule has 0 saturated carbocycles. The molecular formula is C11H18ClN3. The van der Waals surface area contributed by atoms with Gasteiger partial charge in [0.25, 0.3) is 0 Å². The number of anilines is 1. The van der Waals surface area contributed by atoms with Gasteiger partial charge in [-0.1, -0.05) is 0 Å². The summed E-state index contributed by atoms with van der Waals surface area (Å²) in [6.45, 7) is 8.44. The minimum Gasteiger partial charge on any atom is -0.354 e. The number of rotatable bonds is 1. The highest BCUT2D eigenvalue weighted by Crippen LogP contribution is 2.14. The average Bonchev–Trinajstić information content (AvgIpc) is 2.18. The summed E-state index contributed by atoms with van der Waals surface area (Å²) in [5, 5.41) is 3.34. The monoisotopic (exact) mass is 227 g/mol. The fourth-order valence-corrected chi connectivity index (χ4v) is 1.88. The molecule has 1 aromatic rings. The molecule has 0 amide bonds. The first-order valence-electron chi connectivity index (χ1n) is 5.17. The van der Waals surface area contributed by atoms with Gasteiger partial charge in [0.05, 0.1) is 0 Å². The van der Waals surface area contributed by atoms with Crippen LogP contribution in [0.1, 0.15) is 11.3 Å². The summed E-state index contributed by atoms with van der Waals surface area (Å²) < 4.78 is 0. The van der Waals surface area contributed by atoms with E-state index in [2.05, 4.69) is 41.2 Å². The second-order valence-electron chi connectivity index (χ2n) is 3.88. The summed E-state index contributed by atoms with van der Waals surface area (Å²) in [5.41, 5.74) is 2.41. The van der Waals surface area contributed by atoms with E-state index >= 15 is 0 Å². The fourth-order valence-electron chi connectivity index (χ4n) is 1.88. The van der Waals surface area contributed by atoms with Crippen LogP contribution in [0.25, 0.3) is 0 Å². The Labute approximate surface area is 97.3 Å². The number of aromatic nitrogens is 1. The van der Waals surface area contributed by atoms with Crippen molar-refractivity contribution in [3.8, 4) is 0 Å². The summed E-state index contributed by atoms with van der Waals surface area (Å²) >= 11 is 0. The predicted octanol–water partition coefficient (Wildman–Crippen LogP) is 1.53. The number of hydrogen-bond acceptors (Lipinski definition) is 3. The van der Waals surface area contributed by atoms with Gasteiger partial charge in [-0.15, -0.1) is 12.4 Å². The Bertz CT molecular complexity index is 301. The zero-order valence-electron chi connectivity index (χ0n) is 9.29. The van der Waals surface area contributed by atoms with Crippen LogP contribution in [-0.4, -0.2) is 31.2 Å². The molecule has 2 rings (SSSR count). The molecule has 4 heteroatoms. The van der Waals surface area contributed by atoms with Crippen molar-refractivity contribution in [2.75, 3.05) is 31.1 Å². The molecule has 1 aliphatic rings. The Kier molecular flexibility index (Phi) is 4.36. The summed E-state index contributed by atoms with van der Waals surface area (Å²) in [6, 6.07) is 4.28. The molecule has 0 bridgehead atoms. The molecule has 1 aromatic heterocycles. The smallest absolute Gasteiger partial charge is 0.129 e. The molecule has 0 atom stereocenters. The third-order valence-corrected chi connectivity index (χ3v) is 2.53. The van der Waals surface area contributed by atoms with Gasteiger partial charge in [-0.05, 0) is 31.5 Å². The normalized spacial score (nSPS) is 16.0. The van der Waals surface area contributed by atoms with Crippen molar-refractivity contribution in [3.63, 3.8) is 0 Å². The molecule has 15 heavy (non-hydrogen) atoms. The van der Waals surface area contributed by atoms with Crippen LogP contribution in [0.5, 0.6) is 0 Å². The molecule has 84 valence electrons. The van der Waals surface area contributed by atoms with Crippen LogP contribution < -0.4 is 10.2 Å². The van der Waals surface area contributed by atoms with E-state index < -0.39 is 0 Å². The second-order valence-corrected chi connectivity index (χ2v) is 3.88. The lowest BCUT2D eigenvalue weighted by Gasteiger charge is -2.28. The summed E-state index contributed by atoms with van der Waals surface area (Å²) in [5.74, 6) is 1.13. The Balaban J connectivity index is 0.00000112. The van der Waals surface area contributed by atoms with Crippen LogP contribution in [0.4, 0.5) is 5.82 Å². The van der Waals surface area contributed by atoms with Crippen LogP contribution in [0.3, 0.4) is 0 Å². The van der Waals surface area contributed by atoms with Crippen molar-refractivity contribution in [2.45, 2.75) is 13.8 Å². The third kappa shape index (κ3) is 3.08. The molecule has 0 unspecified atom stereocenters. The lowest BCUT2D eigenvalue weighted by atomic mass is 10.2. The first-order chi connectivity index (χ1) is 6.75. The lowest BCUT2D eigenvalue weighted by molar-refractivity contribution is 0.584. The average molecular weight is 228 g/mol. The van der Waals surface area contributed by atoms with Crippen molar-refractivity contribution in [3.05, 3.63) is 23.4 Å². The van der Waals surface area contributed by atoms with Gasteiger partial charge >= 0.3 is 0 Å². The van der Waals surface area contributed by atoms with Crippen molar-refractivity contribution in [1.82, 2.24) is 10.3 Å². The SMILES string of the molecule is Cc1cc(C)nc(N2CCNCC2)c1.Cl. The summed E-state index contributed by atoms with van der Waals surface area (Å²) in [4.78, 5) is 6.90. The summed E-state index contributed by atoms with van der Waals surface area (Å²) in [7, 11) is 0. The molecule has 1 saturated heterocycles. The molecule has 1 aliphatic heterocycles.